The molecule has 98 valence electrons. The predicted octanol–water partition coefficient (Wildman–Crippen LogP) is 3.79. The highest BCUT2D eigenvalue weighted by atomic mass is 79.9. The first-order valence-electron chi connectivity index (χ1n) is 6.06. The largest absolute Gasteiger partial charge is 0.368 e. The molecular formula is C16H10BrNO2. The van der Waals surface area contributed by atoms with Gasteiger partial charge >= 0.3 is 5.97 Å². The summed E-state index contributed by atoms with van der Waals surface area (Å²) in [7, 11) is 0. The second-order valence-electron chi connectivity index (χ2n) is 4.30. The number of nitrogens with zero attached hydrogens (tertiary/aromatic N) is 1. The van der Waals surface area contributed by atoms with Gasteiger partial charge < -0.3 is 4.84 Å². The Hall–Kier alpha value is -2.20. The topological polar surface area (TPSA) is 38.7 Å². The molecule has 0 amide bonds. The molecule has 3 nitrogen and oxygen atoms in total. The Kier molecular flexibility index (Phi) is 3.48. The zero-order valence-electron chi connectivity index (χ0n) is 10.4. The van der Waals surface area contributed by atoms with Crippen LogP contribution < -0.4 is 0 Å². The molecule has 0 saturated carbocycles. The summed E-state index contributed by atoms with van der Waals surface area (Å²) in [4.78, 5) is 16.6. The van der Waals surface area contributed by atoms with Crippen molar-refractivity contribution in [2.45, 2.75) is 0 Å². The molecule has 0 aromatic heterocycles. The highest BCUT2D eigenvalue weighted by Crippen LogP contribution is 2.22. The first-order valence-corrected chi connectivity index (χ1v) is 6.86. The molecule has 0 aliphatic carbocycles. The van der Waals surface area contributed by atoms with Gasteiger partial charge in [-0.05, 0) is 23.8 Å². The van der Waals surface area contributed by atoms with Crippen molar-refractivity contribution in [3.63, 3.8) is 0 Å². The molecule has 1 aliphatic rings. The molecule has 0 spiro atoms. The summed E-state index contributed by atoms with van der Waals surface area (Å²) in [5, 5.41) is 3.87. The van der Waals surface area contributed by atoms with Crippen LogP contribution in [-0.2, 0) is 9.63 Å². The third kappa shape index (κ3) is 2.56. The lowest BCUT2D eigenvalue weighted by molar-refractivity contribution is -0.136. The zero-order valence-corrected chi connectivity index (χ0v) is 12.0. The molecule has 0 radical (unpaired) electrons. The molecule has 2 aromatic rings. The molecule has 1 heterocycles. The van der Waals surface area contributed by atoms with Gasteiger partial charge in [-0.2, -0.15) is 0 Å². The van der Waals surface area contributed by atoms with E-state index in [-0.39, 0.29) is 0 Å². The van der Waals surface area contributed by atoms with Gasteiger partial charge in [0.2, 0.25) is 0 Å². The number of oxime groups is 1. The quantitative estimate of drug-likeness (QED) is 0.621. The fourth-order valence-corrected chi connectivity index (χ4v) is 2.39. The molecule has 4 heteroatoms. The molecule has 0 N–H and O–H groups in total. The Morgan fingerprint density at radius 1 is 1.05 bits per heavy atom. The summed E-state index contributed by atoms with van der Waals surface area (Å²) in [6, 6.07) is 17.2. The minimum Gasteiger partial charge on any atom is -0.312 e. The van der Waals surface area contributed by atoms with Gasteiger partial charge in [-0.3, -0.25) is 0 Å². The molecular weight excluding hydrogens is 318 g/mol. The summed E-state index contributed by atoms with van der Waals surface area (Å²) in [6.45, 7) is 0. The summed E-state index contributed by atoms with van der Waals surface area (Å²) in [5.41, 5.74) is 2.81. The maximum Gasteiger partial charge on any atom is 0.368 e. The number of halogens is 1. The highest BCUT2D eigenvalue weighted by Gasteiger charge is 2.26. The van der Waals surface area contributed by atoms with Crippen LogP contribution >= 0.6 is 15.9 Å². The summed E-state index contributed by atoms with van der Waals surface area (Å²) >= 11 is 3.41. The summed E-state index contributed by atoms with van der Waals surface area (Å²) in [6.07, 6.45) is 1.78. The number of carbonyl (C=O) groups excluding carboxylic acids is 1. The van der Waals surface area contributed by atoms with Crippen LogP contribution in [0.4, 0.5) is 0 Å². The van der Waals surface area contributed by atoms with Gasteiger partial charge in [0.25, 0.3) is 0 Å². The molecule has 0 fully saturated rings. The van der Waals surface area contributed by atoms with Crippen LogP contribution in [0.15, 0.2) is 69.8 Å². The predicted molar refractivity (Wildman–Crippen MR) is 81.2 cm³/mol. The van der Waals surface area contributed by atoms with Crippen LogP contribution in [0.3, 0.4) is 0 Å². The maximum atomic E-state index is 11.8. The molecule has 0 atom stereocenters. The molecule has 0 saturated heterocycles. The van der Waals surface area contributed by atoms with E-state index in [2.05, 4.69) is 21.1 Å². The molecule has 0 unspecified atom stereocenters. The van der Waals surface area contributed by atoms with E-state index in [1.165, 1.54) is 0 Å². The van der Waals surface area contributed by atoms with Gasteiger partial charge in [-0.1, -0.05) is 63.6 Å². The van der Waals surface area contributed by atoms with Crippen LogP contribution in [0.2, 0.25) is 0 Å². The second-order valence-corrected chi connectivity index (χ2v) is 5.21. The number of benzene rings is 2. The third-order valence-electron chi connectivity index (χ3n) is 2.90. The van der Waals surface area contributed by atoms with Crippen molar-refractivity contribution in [2.75, 3.05) is 0 Å². The first kappa shape index (κ1) is 12.8. The van der Waals surface area contributed by atoms with Crippen LogP contribution in [0.25, 0.3) is 6.08 Å². The van der Waals surface area contributed by atoms with Crippen molar-refractivity contribution in [1.82, 2.24) is 0 Å². The van der Waals surface area contributed by atoms with Crippen LogP contribution in [-0.4, -0.2) is 11.7 Å². The summed E-state index contributed by atoms with van der Waals surface area (Å²) < 4.78 is 0.955. The first-order chi connectivity index (χ1) is 9.74. The maximum absolute atomic E-state index is 11.8. The summed E-state index contributed by atoms with van der Waals surface area (Å²) in [5.74, 6) is -0.427. The van der Waals surface area contributed by atoms with Crippen molar-refractivity contribution in [2.24, 2.45) is 5.16 Å². The lowest BCUT2D eigenvalue weighted by Crippen LogP contribution is -2.06. The lowest BCUT2D eigenvalue weighted by atomic mass is 10.0. The van der Waals surface area contributed by atoms with Crippen molar-refractivity contribution in [3.8, 4) is 0 Å². The minimum absolute atomic E-state index is 0.427. The van der Waals surface area contributed by atoms with Gasteiger partial charge in [-0.25, -0.2) is 4.79 Å². The molecule has 0 bridgehead atoms. The number of hydrogen-bond acceptors (Lipinski definition) is 3. The van der Waals surface area contributed by atoms with Crippen LogP contribution in [0.1, 0.15) is 11.1 Å². The van der Waals surface area contributed by atoms with E-state index < -0.39 is 5.97 Å². The number of carbonyl (C=O) groups is 1. The van der Waals surface area contributed by atoms with Crippen LogP contribution in [0, 0.1) is 0 Å². The van der Waals surface area contributed by atoms with Crippen molar-refractivity contribution < 1.29 is 9.63 Å². The van der Waals surface area contributed by atoms with E-state index in [1.54, 1.807) is 6.08 Å². The van der Waals surface area contributed by atoms with Gasteiger partial charge in [0, 0.05) is 10.0 Å². The van der Waals surface area contributed by atoms with E-state index in [4.69, 9.17) is 4.84 Å². The zero-order chi connectivity index (χ0) is 13.9. The van der Waals surface area contributed by atoms with E-state index in [0.29, 0.717) is 11.3 Å². The number of rotatable bonds is 2. The SMILES string of the molecule is O=C1ON=C(c2ccccc2)C1=Cc1cccc(Br)c1. The average molecular weight is 328 g/mol. The monoisotopic (exact) mass is 327 g/mol. The Labute approximate surface area is 124 Å². The van der Waals surface area contributed by atoms with E-state index in [9.17, 15) is 4.79 Å². The Bertz CT molecular complexity index is 720. The van der Waals surface area contributed by atoms with Crippen molar-refractivity contribution in [1.29, 1.82) is 0 Å². The standard InChI is InChI=1S/C16H10BrNO2/c17-13-8-4-5-11(9-13)10-14-15(18-20-16(14)19)12-6-2-1-3-7-12/h1-10H. The minimum atomic E-state index is -0.427. The normalized spacial score (nSPS) is 16.1. The number of hydrogen-bond donors (Lipinski definition) is 0. The van der Waals surface area contributed by atoms with Crippen LogP contribution in [0.5, 0.6) is 0 Å². The Balaban J connectivity index is 2.03. The third-order valence-corrected chi connectivity index (χ3v) is 3.40. The van der Waals surface area contributed by atoms with Gasteiger partial charge in [-0.15, -0.1) is 0 Å². The smallest absolute Gasteiger partial charge is 0.312 e. The van der Waals surface area contributed by atoms with Gasteiger partial charge in [0.15, 0.2) is 0 Å². The molecule has 1 aliphatic heterocycles. The van der Waals surface area contributed by atoms with E-state index in [1.807, 2.05) is 54.6 Å². The Morgan fingerprint density at radius 2 is 1.85 bits per heavy atom. The van der Waals surface area contributed by atoms with Gasteiger partial charge in [0.05, 0.1) is 5.57 Å². The molecule has 3 rings (SSSR count). The van der Waals surface area contributed by atoms with E-state index in [0.717, 1.165) is 15.6 Å². The highest BCUT2D eigenvalue weighted by molar-refractivity contribution is 9.10. The lowest BCUT2D eigenvalue weighted by Gasteiger charge is -2.00. The fourth-order valence-electron chi connectivity index (χ4n) is 1.98. The molecule has 2 aromatic carbocycles. The van der Waals surface area contributed by atoms with Crippen molar-refractivity contribution in [3.05, 3.63) is 75.8 Å². The fraction of sp³-hybridized carbons (Fsp3) is 0. The van der Waals surface area contributed by atoms with Crippen molar-refractivity contribution >= 4 is 33.7 Å². The Morgan fingerprint density at radius 3 is 2.60 bits per heavy atom. The molecule has 20 heavy (non-hydrogen) atoms. The second kappa shape index (κ2) is 5.43. The average Bonchev–Trinajstić information content (AvgIpc) is 2.81. The van der Waals surface area contributed by atoms with E-state index >= 15 is 0 Å². The van der Waals surface area contributed by atoms with Gasteiger partial charge in [0.1, 0.15) is 5.71 Å².